The third-order valence-electron chi connectivity index (χ3n) is 2.64. The van der Waals surface area contributed by atoms with Crippen LogP contribution in [0.4, 0.5) is 16.2 Å². The Hall–Kier alpha value is -1.47. The molecular weight excluding hydrogens is 227 g/mol. The van der Waals surface area contributed by atoms with Gasteiger partial charge in [0.1, 0.15) is 5.60 Å². The minimum Gasteiger partial charge on any atom is -0.386 e. The maximum Gasteiger partial charge on any atom is 0.224 e. The van der Waals surface area contributed by atoms with Crippen molar-refractivity contribution in [1.29, 1.82) is 0 Å². The molecule has 2 rings (SSSR count). The molecule has 1 atom stereocenters. The Bertz CT molecular complexity index is 396. The average Bonchev–Trinajstić information content (AvgIpc) is 2.76. The summed E-state index contributed by atoms with van der Waals surface area (Å²) in [4.78, 5) is 7.65. The summed E-state index contributed by atoms with van der Waals surface area (Å²) in [6.07, 6.45) is 1.61. The van der Waals surface area contributed by atoms with Gasteiger partial charge in [0.15, 0.2) is 11.6 Å². The molecule has 0 saturated carbocycles. The van der Waals surface area contributed by atoms with Gasteiger partial charge in [-0.2, -0.15) is 4.98 Å². The summed E-state index contributed by atoms with van der Waals surface area (Å²) in [6.45, 7) is 0.974. The highest BCUT2D eigenvalue weighted by Crippen LogP contribution is 2.20. The zero-order chi connectivity index (χ0) is 12.3. The predicted molar refractivity (Wildman–Crippen MR) is 60.4 cm³/mol. The van der Waals surface area contributed by atoms with Gasteiger partial charge in [-0.1, -0.05) is 0 Å². The summed E-state index contributed by atoms with van der Waals surface area (Å²) < 4.78 is 18.5. The minimum absolute atomic E-state index is 0.0738. The fraction of sp³-hybridized carbons (Fsp3) is 0.600. The molecule has 0 spiro atoms. The lowest BCUT2D eigenvalue weighted by Crippen LogP contribution is -2.37. The second-order valence-corrected chi connectivity index (χ2v) is 4.02. The monoisotopic (exact) mass is 242 g/mol. The molecule has 1 aliphatic heterocycles. The van der Waals surface area contributed by atoms with Crippen molar-refractivity contribution in [3.63, 3.8) is 0 Å². The van der Waals surface area contributed by atoms with Crippen LogP contribution < -0.4 is 10.6 Å². The van der Waals surface area contributed by atoms with Gasteiger partial charge in [0.05, 0.1) is 12.8 Å². The van der Waals surface area contributed by atoms with Gasteiger partial charge in [-0.25, -0.2) is 9.37 Å². The van der Waals surface area contributed by atoms with Crippen LogP contribution in [0.15, 0.2) is 6.20 Å². The Morgan fingerprint density at radius 3 is 3.12 bits per heavy atom. The van der Waals surface area contributed by atoms with Crippen molar-refractivity contribution in [3.8, 4) is 0 Å². The fourth-order valence-electron chi connectivity index (χ4n) is 1.60. The van der Waals surface area contributed by atoms with E-state index in [1.54, 1.807) is 7.05 Å². The molecule has 0 bridgehead atoms. The first-order chi connectivity index (χ1) is 8.13. The molecule has 0 amide bonds. The Labute approximate surface area is 98.2 Å². The third-order valence-corrected chi connectivity index (χ3v) is 2.64. The number of nitrogens with one attached hydrogen (secondary N) is 2. The molecule has 1 aromatic rings. The van der Waals surface area contributed by atoms with Crippen LogP contribution in [0.1, 0.15) is 6.42 Å². The van der Waals surface area contributed by atoms with Gasteiger partial charge in [0.2, 0.25) is 5.95 Å². The largest absolute Gasteiger partial charge is 0.386 e. The molecule has 3 N–H and O–H groups in total. The standard InChI is InChI=1S/C10H15FN4O2/c1-12-9-13-4-7(11)8(15-9)14-5-10(16)2-3-17-6-10/h4,16H,2-3,5-6H2,1H3,(H2,12,13,14,15). The van der Waals surface area contributed by atoms with Gasteiger partial charge >= 0.3 is 0 Å². The smallest absolute Gasteiger partial charge is 0.224 e. The maximum absolute atomic E-state index is 13.4. The van der Waals surface area contributed by atoms with E-state index in [9.17, 15) is 9.50 Å². The maximum atomic E-state index is 13.4. The Kier molecular flexibility index (Phi) is 3.39. The molecule has 6 nitrogen and oxygen atoms in total. The van der Waals surface area contributed by atoms with E-state index >= 15 is 0 Å². The highest BCUT2D eigenvalue weighted by Gasteiger charge is 2.32. The van der Waals surface area contributed by atoms with E-state index in [0.29, 0.717) is 19.0 Å². The van der Waals surface area contributed by atoms with Crippen molar-refractivity contribution in [1.82, 2.24) is 9.97 Å². The molecule has 1 saturated heterocycles. The van der Waals surface area contributed by atoms with Gasteiger partial charge in [0, 0.05) is 26.6 Å². The number of aliphatic hydroxyl groups is 1. The molecule has 0 aromatic carbocycles. The first-order valence-electron chi connectivity index (χ1n) is 5.37. The summed E-state index contributed by atoms with van der Waals surface area (Å²) in [5.41, 5.74) is -0.947. The zero-order valence-electron chi connectivity index (χ0n) is 9.53. The molecule has 0 aliphatic carbocycles. The molecule has 0 radical (unpaired) electrons. The molecule has 7 heteroatoms. The fourth-order valence-corrected chi connectivity index (χ4v) is 1.60. The van der Waals surface area contributed by atoms with Crippen molar-refractivity contribution in [2.45, 2.75) is 12.0 Å². The predicted octanol–water partition coefficient (Wildman–Crippen LogP) is 0.221. The van der Waals surface area contributed by atoms with Crippen LogP contribution in [0.5, 0.6) is 0 Å². The lowest BCUT2D eigenvalue weighted by atomic mass is 10.0. The third kappa shape index (κ3) is 2.80. The van der Waals surface area contributed by atoms with Crippen molar-refractivity contribution in [2.75, 3.05) is 37.4 Å². The van der Waals surface area contributed by atoms with Gasteiger partial charge in [-0.3, -0.25) is 0 Å². The van der Waals surface area contributed by atoms with Gasteiger partial charge < -0.3 is 20.5 Å². The van der Waals surface area contributed by atoms with Crippen molar-refractivity contribution >= 4 is 11.8 Å². The Morgan fingerprint density at radius 2 is 2.47 bits per heavy atom. The summed E-state index contributed by atoms with van der Waals surface area (Å²) in [7, 11) is 1.65. The van der Waals surface area contributed by atoms with Gasteiger partial charge in [-0.15, -0.1) is 0 Å². The molecular formula is C10H15FN4O2. The van der Waals surface area contributed by atoms with Crippen molar-refractivity contribution < 1.29 is 14.2 Å². The molecule has 1 aromatic heterocycles. The van der Waals surface area contributed by atoms with Crippen LogP contribution in [-0.4, -0.2) is 47.5 Å². The summed E-state index contributed by atoms with van der Waals surface area (Å²) in [6, 6.07) is 0. The van der Waals surface area contributed by atoms with E-state index in [-0.39, 0.29) is 19.0 Å². The normalized spacial score (nSPS) is 23.7. The van der Waals surface area contributed by atoms with Crippen LogP contribution >= 0.6 is 0 Å². The van der Waals surface area contributed by atoms with Crippen LogP contribution in [-0.2, 0) is 4.74 Å². The topological polar surface area (TPSA) is 79.3 Å². The highest BCUT2D eigenvalue weighted by molar-refractivity contribution is 5.41. The summed E-state index contributed by atoms with van der Waals surface area (Å²) in [5, 5.41) is 15.5. The number of hydrogen-bond acceptors (Lipinski definition) is 6. The van der Waals surface area contributed by atoms with E-state index in [1.807, 2.05) is 0 Å². The van der Waals surface area contributed by atoms with E-state index in [0.717, 1.165) is 6.20 Å². The number of aromatic nitrogens is 2. The highest BCUT2D eigenvalue weighted by atomic mass is 19.1. The van der Waals surface area contributed by atoms with Gasteiger partial charge in [0.25, 0.3) is 0 Å². The number of anilines is 2. The average molecular weight is 242 g/mol. The van der Waals surface area contributed by atoms with Crippen LogP contribution in [0.3, 0.4) is 0 Å². The van der Waals surface area contributed by atoms with Crippen molar-refractivity contribution in [3.05, 3.63) is 12.0 Å². The molecule has 17 heavy (non-hydrogen) atoms. The molecule has 1 fully saturated rings. The zero-order valence-corrected chi connectivity index (χ0v) is 9.53. The number of nitrogens with zero attached hydrogens (tertiary/aromatic N) is 2. The first-order valence-corrected chi connectivity index (χ1v) is 5.37. The lowest BCUT2D eigenvalue weighted by Gasteiger charge is -2.21. The second-order valence-electron chi connectivity index (χ2n) is 4.02. The van der Waals surface area contributed by atoms with Gasteiger partial charge in [-0.05, 0) is 0 Å². The number of rotatable bonds is 4. The quantitative estimate of drug-likeness (QED) is 0.701. The second kappa shape index (κ2) is 4.80. The van der Waals surface area contributed by atoms with Crippen LogP contribution in [0.2, 0.25) is 0 Å². The van der Waals surface area contributed by atoms with Crippen LogP contribution in [0.25, 0.3) is 0 Å². The SMILES string of the molecule is CNc1ncc(F)c(NCC2(O)CCOC2)n1. The molecule has 94 valence electrons. The Balaban J connectivity index is 2.02. The van der Waals surface area contributed by atoms with Crippen molar-refractivity contribution in [2.24, 2.45) is 0 Å². The lowest BCUT2D eigenvalue weighted by molar-refractivity contribution is 0.0381. The minimum atomic E-state index is -0.947. The summed E-state index contributed by atoms with van der Waals surface area (Å²) in [5.74, 6) is -0.153. The van der Waals surface area contributed by atoms with E-state index in [4.69, 9.17) is 4.74 Å². The number of halogens is 1. The summed E-state index contributed by atoms with van der Waals surface area (Å²) >= 11 is 0. The number of hydrogen-bond donors (Lipinski definition) is 3. The number of ether oxygens (including phenoxy) is 1. The first kappa shape index (κ1) is 12.0. The molecule has 1 aliphatic rings. The van der Waals surface area contributed by atoms with E-state index in [2.05, 4.69) is 20.6 Å². The molecule has 2 heterocycles. The van der Waals surface area contributed by atoms with E-state index in [1.165, 1.54) is 0 Å². The van der Waals surface area contributed by atoms with E-state index < -0.39 is 11.4 Å². The molecule has 1 unspecified atom stereocenters. The Morgan fingerprint density at radius 1 is 1.65 bits per heavy atom. The van der Waals surface area contributed by atoms with Crippen LogP contribution in [0, 0.1) is 5.82 Å².